The van der Waals surface area contributed by atoms with Crippen LogP contribution < -0.4 is 5.32 Å². The number of hydrogen-bond acceptors (Lipinski definition) is 4. The highest BCUT2D eigenvalue weighted by Crippen LogP contribution is 2.19. The number of carbonyl (C=O) groups excluding carboxylic acids is 1. The van der Waals surface area contributed by atoms with Gasteiger partial charge in [0, 0.05) is 6.42 Å². The van der Waals surface area contributed by atoms with E-state index in [4.69, 9.17) is 11.6 Å². The smallest absolute Gasteiger partial charge is 0.254 e. The first kappa shape index (κ1) is 13.7. The Kier molecular flexibility index (Phi) is 3.71. The highest BCUT2D eigenvalue weighted by molar-refractivity contribution is 6.31. The second-order valence-electron chi connectivity index (χ2n) is 4.89. The highest BCUT2D eigenvalue weighted by Gasteiger charge is 2.14. The molecule has 7 heteroatoms. The van der Waals surface area contributed by atoms with Crippen LogP contribution in [0.2, 0.25) is 5.02 Å². The van der Waals surface area contributed by atoms with Gasteiger partial charge in [-0.15, -0.1) is 5.10 Å². The van der Waals surface area contributed by atoms with Crippen molar-refractivity contribution in [3.63, 3.8) is 0 Å². The van der Waals surface area contributed by atoms with Crippen LogP contribution >= 0.6 is 11.6 Å². The molecule has 0 saturated heterocycles. The van der Waals surface area contributed by atoms with Gasteiger partial charge in [-0.1, -0.05) is 25.4 Å². The first-order valence-corrected chi connectivity index (χ1v) is 6.45. The van der Waals surface area contributed by atoms with Gasteiger partial charge >= 0.3 is 0 Å². The first-order valence-electron chi connectivity index (χ1n) is 6.07. The highest BCUT2D eigenvalue weighted by atomic mass is 35.5. The number of rotatable bonds is 3. The molecule has 2 aromatic rings. The van der Waals surface area contributed by atoms with Crippen molar-refractivity contribution in [3.05, 3.63) is 16.4 Å². The summed E-state index contributed by atoms with van der Waals surface area (Å²) in [6, 6.07) is 0. The molecule has 0 atom stereocenters. The van der Waals surface area contributed by atoms with Crippen LogP contribution in [0.4, 0.5) is 5.95 Å². The van der Waals surface area contributed by atoms with Gasteiger partial charge in [-0.3, -0.25) is 10.1 Å². The van der Waals surface area contributed by atoms with Crippen molar-refractivity contribution in [2.75, 3.05) is 5.32 Å². The number of anilines is 1. The molecule has 0 fully saturated rings. The Labute approximate surface area is 116 Å². The van der Waals surface area contributed by atoms with Crippen LogP contribution in [0.15, 0.2) is 0 Å². The molecule has 0 unspecified atom stereocenters. The second-order valence-corrected chi connectivity index (χ2v) is 5.27. The predicted molar refractivity (Wildman–Crippen MR) is 73.4 cm³/mol. The minimum atomic E-state index is -0.105. The lowest BCUT2D eigenvalue weighted by Crippen LogP contribution is -2.14. The standard InChI is InChI=1S/C12H16ClN5O/c1-6(2)5-9(19)15-11-16-12-14-7(3)10(13)8(4)18(12)17-11/h6H,5H2,1-4H3,(H,15,17,19). The van der Waals surface area contributed by atoms with E-state index in [2.05, 4.69) is 20.4 Å². The lowest BCUT2D eigenvalue weighted by atomic mass is 10.1. The number of nitrogens with one attached hydrogen (secondary N) is 1. The minimum absolute atomic E-state index is 0.105. The maximum Gasteiger partial charge on any atom is 0.254 e. The minimum Gasteiger partial charge on any atom is -0.293 e. The SMILES string of the molecule is Cc1nc2nc(NC(=O)CC(C)C)nn2c(C)c1Cl. The van der Waals surface area contributed by atoms with Gasteiger partial charge in [-0.2, -0.15) is 9.50 Å². The Hall–Kier alpha value is -1.69. The van der Waals surface area contributed by atoms with Gasteiger partial charge in [0.05, 0.1) is 16.4 Å². The molecule has 2 aromatic heterocycles. The second kappa shape index (κ2) is 5.13. The monoisotopic (exact) mass is 281 g/mol. The largest absolute Gasteiger partial charge is 0.293 e. The molecule has 0 bridgehead atoms. The summed E-state index contributed by atoms with van der Waals surface area (Å²) in [5.74, 6) is 0.863. The quantitative estimate of drug-likeness (QED) is 0.937. The summed E-state index contributed by atoms with van der Waals surface area (Å²) in [7, 11) is 0. The topological polar surface area (TPSA) is 72.2 Å². The van der Waals surface area contributed by atoms with Crippen LogP contribution in [-0.2, 0) is 4.79 Å². The summed E-state index contributed by atoms with van der Waals surface area (Å²) in [5, 5.41) is 7.41. The number of amides is 1. The molecule has 102 valence electrons. The fraction of sp³-hybridized carbons (Fsp3) is 0.500. The van der Waals surface area contributed by atoms with E-state index in [-0.39, 0.29) is 17.8 Å². The molecule has 1 N–H and O–H groups in total. The number of aromatic nitrogens is 4. The van der Waals surface area contributed by atoms with E-state index in [0.29, 0.717) is 22.9 Å². The van der Waals surface area contributed by atoms with E-state index < -0.39 is 0 Å². The van der Waals surface area contributed by atoms with Gasteiger partial charge in [0.2, 0.25) is 5.91 Å². The van der Waals surface area contributed by atoms with Crippen LogP contribution in [0.5, 0.6) is 0 Å². The third-order valence-electron chi connectivity index (χ3n) is 2.66. The van der Waals surface area contributed by atoms with Crippen LogP contribution in [-0.4, -0.2) is 25.5 Å². The molecule has 0 aromatic carbocycles. The number of carbonyl (C=O) groups is 1. The van der Waals surface area contributed by atoms with Crippen LogP contribution in [0.1, 0.15) is 31.7 Å². The van der Waals surface area contributed by atoms with Crippen molar-refractivity contribution in [2.45, 2.75) is 34.1 Å². The Morgan fingerprint density at radius 3 is 2.68 bits per heavy atom. The van der Waals surface area contributed by atoms with E-state index in [1.807, 2.05) is 20.8 Å². The number of fused-ring (bicyclic) bond motifs is 1. The Balaban J connectivity index is 2.32. The maximum atomic E-state index is 11.7. The molecule has 0 saturated carbocycles. The summed E-state index contributed by atoms with van der Waals surface area (Å²) in [4.78, 5) is 20.1. The molecule has 0 radical (unpaired) electrons. The fourth-order valence-electron chi connectivity index (χ4n) is 1.75. The van der Waals surface area contributed by atoms with Gasteiger partial charge in [0.1, 0.15) is 0 Å². The van der Waals surface area contributed by atoms with Crippen molar-refractivity contribution in [3.8, 4) is 0 Å². The zero-order chi connectivity index (χ0) is 14.2. The summed E-state index contributed by atoms with van der Waals surface area (Å²) in [6.45, 7) is 7.59. The van der Waals surface area contributed by atoms with Crippen molar-refractivity contribution >= 4 is 29.2 Å². The van der Waals surface area contributed by atoms with Crippen molar-refractivity contribution < 1.29 is 4.79 Å². The number of nitrogens with zero attached hydrogens (tertiary/aromatic N) is 4. The predicted octanol–water partition coefficient (Wildman–Crippen LogP) is 2.38. The van der Waals surface area contributed by atoms with E-state index in [1.165, 1.54) is 4.52 Å². The molecule has 2 rings (SSSR count). The van der Waals surface area contributed by atoms with E-state index in [0.717, 1.165) is 5.69 Å². The van der Waals surface area contributed by atoms with E-state index >= 15 is 0 Å². The molecule has 1 amide bonds. The van der Waals surface area contributed by atoms with E-state index in [9.17, 15) is 4.79 Å². The third kappa shape index (κ3) is 2.84. The lowest BCUT2D eigenvalue weighted by molar-refractivity contribution is -0.116. The van der Waals surface area contributed by atoms with Gasteiger partial charge < -0.3 is 0 Å². The summed E-state index contributed by atoms with van der Waals surface area (Å²) < 4.78 is 1.53. The summed E-state index contributed by atoms with van der Waals surface area (Å²) in [6.07, 6.45) is 0.432. The van der Waals surface area contributed by atoms with Gasteiger partial charge in [-0.25, -0.2) is 4.98 Å². The molecule has 2 heterocycles. The Bertz CT molecular complexity index is 635. The molecular formula is C12H16ClN5O. The zero-order valence-corrected chi connectivity index (χ0v) is 12.1. The summed E-state index contributed by atoms with van der Waals surface area (Å²) >= 11 is 6.10. The van der Waals surface area contributed by atoms with Crippen molar-refractivity contribution in [1.82, 2.24) is 19.6 Å². The molecule has 0 aliphatic rings. The number of aryl methyl sites for hydroxylation is 2. The average Bonchev–Trinajstić information content (AvgIpc) is 2.67. The lowest BCUT2D eigenvalue weighted by Gasteiger charge is -2.03. The van der Waals surface area contributed by atoms with Crippen LogP contribution in [0.25, 0.3) is 5.78 Å². The maximum absolute atomic E-state index is 11.7. The Morgan fingerprint density at radius 1 is 1.37 bits per heavy atom. The zero-order valence-electron chi connectivity index (χ0n) is 11.4. The molecule has 19 heavy (non-hydrogen) atoms. The van der Waals surface area contributed by atoms with Crippen molar-refractivity contribution in [1.29, 1.82) is 0 Å². The fourth-order valence-corrected chi connectivity index (χ4v) is 1.88. The normalized spacial score (nSPS) is 11.3. The first-order chi connectivity index (χ1) is 8.88. The van der Waals surface area contributed by atoms with Crippen LogP contribution in [0.3, 0.4) is 0 Å². The molecule has 0 aliphatic heterocycles. The van der Waals surface area contributed by atoms with Gasteiger partial charge in [0.15, 0.2) is 0 Å². The van der Waals surface area contributed by atoms with Crippen molar-refractivity contribution in [2.24, 2.45) is 5.92 Å². The van der Waals surface area contributed by atoms with Gasteiger partial charge in [0.25, 0.3) is 11.7 Å². The van der Waals surface area contributed by atoms with Crippen LogP contribution in [0, 0.1) is 19.8 Å². The molecule has 0 aliphatic carbocycles. The Morgan fingerprint density at radius 2 is 2.05 bits per heavy atom. The third-order valence-corrected chi connectivity index (χ3v) is 3.20. The molecule has 0 spiro atoms. The number of hydrogen-bond donors (Lipinski definition) is 1. The van der Waals surface area contributed by atoms with E-state index in [1.54, 1.807) is 6.92 Å². The summed E-state index contributed by atoms with van der Waals surface area (Å²) in [5.41, 5.74) is 1.44. The number of halogens is 1. The molecular weight excluding hydrogens is 266 g/mol. The molecule has 6 nitrogen and oxygen atoms in total. The van der Waals surface area contributed by atoms with Gasteiger partial charge in [-0.05, 0) is 19.8 Å². The average molecular weight is 282 g/mol.